The second kappa shape index (κ2) is 7.93. The van der Waals surface area contributed by atoms with E-state index in [-0.39, 0.29) is 12.5 Å². The third kappa shape index (κ3) is 4.95. The number of piperazine rings is 1. The predicted octanol–water partition coefficient (Wildman–Crippen LogP) is 3.69. The Bertz CT molecular complexity index is 758. The van der Waals surface area contributed by atoms with Crippen LogP contribution in [-0.4, -0.2) is 48.5 Å². The quantitative estimate of drug-likeness (QED) is 0.774. The van der Waals surface area contributed by atoms with Crippen LogP contribution >= 0.6 is 27.3 Å². The summed E-state index contributed by atoms with van der Waals surface area (Å²) in [5.41, 5.74) is -0.131. The summed E-state index contributed by atoms with van der Waals surface area (Å²) < 4.78 is 38.9. The fourth-order valence-electron chi connectivity index (χ4n) is 2.57. The van der Waals surface area contributed by atoms with Crippen LogP contribution in [0.15, 0.2) is 34.1 Å². The predicted molar refractivity (Wildman–Crippen MR) is 98.5 cm³/mol. The number of anilines is 2. The van der Waals surface area contributed by atoms with Crippen molar-refractivity contribution in [2.75, 3.05) is 42.9 Å². The van der Waals surface area contributed by atoms with E-state index in [0.717, 1.165) is 26.9 Å². The molecule has 1 N–H and O–H groups in total. The van der Waals surface area contributed by atoms with Crippen molar-refractivity contribution >= 4 is 44.0 Å². The first-order valence-electron chi connectivity index (χ1n) is 7.87. The van der Waals surface area contributed by atoms with Gasteiger partial charge in [-0.1, -0.05) is 15.9 Å². The van der Waals surface area contributed by atoms with Crippen LogP contribution in [0.4, 0.5) is 24.0 Å². The van der Waals surface area contributed by atoms with E-state index in [1.807, 2.05) is 21.9 Å². The van der Waals surface area contributed by atoms with Gasteiger partial charge in [0, 0.05) is 41.7 Å². The van der Waals surface area contributed by atoms with Crippen molar-refractivity contribution in [1.29, 1.82) is 0 Å². The molecule has 1 amide bonds. The molecule has 26 heavy (non-hydrogen) atoms. The molecule has 0 bridgehead atoms. The van der Waals surface area contributed by atoms with Crippen molar-refractivity contribution in [3.63, 3.8) is 0 Å². The first-order chi connectivity index (χ1) is 12.3. The fraction of sp³-hybridized carbons (Fsp3) is 0.375. The topological polar surface area (TPSA) is 48.5 Å². The van der Waals surface area contributed by atoms with Crippen LogP contribution in [-0.2, 0) is 11.0 Å². The van der Waals surface area contributed by atoms with Gasteiger partial charge in [-0.2, -0.15) is 13.2 Å². The van der Waals surface area contributed by atoms with E-state index < -0.39 is 11.9 Å². The number of carbonyl (C=O) groups is 1. The van der Waals surface area contributed by atoms with Gasteiger partial charge in [0.05, 0.1) is 6.54 Å². The molecule has 140 valence electrons. The van der Waals surface area contributed by atoms with Gasteiger partial charge >= 0.3 is 6.18 Å². The van der Waals surface area contributed by atoms with E-state index in [4.69, 9.17) is 0 Å². The Balaban J connectivity index is 1.48. The molecule has 1 saturated heterocycles. The number of benzene rings is 1. The number of amides is 1. The van der Waals surface area contributed by atoms with Gasteiger partial charge < -0.3 is 10.2 Å². The van der Waals surface area contributed by atoms with Crippen molar-refractivity contribution < 1.29 is 18.0 Å². The van der Waals surface area contributed by atoms with Crippen molar-refractivity contribution in [1.82, 2.24) is 9.88 Å². The molecule has 1 aromatic carbocycles. The Morgan fingerprint density at radius 3 is 2.42 bits per heavy atom. The molecule has 0 saturated carbocycles. The first kappa shape index (κ1) is 19.1. The Morgan fingerprint density at radius 1 is 1.19 bits per heavy atom. The third-order valence-electron chi connectivity index (χ3n) is 3.92. The van der Waals surface area contributed by atoms with Crippen LogP contribution in [0.3, 0.4) is 0 Å². The Labute approximate surface area is 160 Å². The van der Waals surface area contributed by atoms with Gasteiger partial charge in [-0.25, -0.2) is 4.98 Å². The maximum atomic E-state index is 12.6. The van der Waals surface area contributed by atoms with Crippen molar-refractivity contribution in [2.45, 2.75) is 6.18 Å². The number of hydrogen-bond acceptors (Lipinski definition) is 5. The smallest absolute Gasteiger partial charge is 0.346 e. The van der Waals surface area contributed by atoms with Gasteiger partial charge in [-0.15, -0.1) is 11.3 Å². The highest BCUT2D eigenvalue weighted by Crippen LogP contribution is 2.33. The number of hydrogen-bond donors (Lipinski definition) is 1. The molecule has 0 atom stereocenters. The fourth-order valence-corrected chi connectivity index (χ4v) is 3.72. The van der Waals surface area contributed by atoms with E-state index in [0.29, 0.717) is 31.3 Å². The van der Waals surface area contributed by atoms with Crippen molar-refractivity contribution in [3.8, 4) is 0 Å². The zero-order chi connectivity index (χ0) is 18.7. The minimum atomic E-state index is -4.41. The monoisotopic (exact) mass is 448 g/mol. The Hall–Kier alpha value is -1.65. The molecular weight excluding hydrogens is 433 g/mol. The molecule has 0 unspecified atom stereocenters. The highest BCUT2D eigenvalue weighted by molar-refractivity contribution is 9.10. The molecule has 5 nitrogen and oxygen atoms in total. The summed E-state index contributed by atoms with van der Waals surface area (Å²) in [7, 11) is 0. The summed E-state index contributed by atoms with van der Waals surface area (Å²) in [6.45, 7) is 2.51. The normalized spacial score (nSPS) is 15.9. The lowest BCUT2D eigenvalue weighted by atomic mass is 10.3. The number of nitrogens with one attached hydrogen (secondary N) is 1. The number of rotatable bonds is 4. The number of alkyl halides is 3. The van der Waals surface area contributed by atoms with E-state index in [1.165, 1.54) is 0 Å². The zero-order valence-electron chi connectivity index (χ0n) is 13.6. The maximum absolute atomic E-state index is 12.6. The number of nitrogens with zero attached hydrogens (tertiary/aromatic N) is 3. The minimum absolute atomic E-state index is 0.116. The lowest BCUT2D eigenvalue weighted by Crippen LogP contribution is -2.48. The van der Waals surface area contributed by atoms with Gasteiger partial charge in [0.15, 0.2) is 10.8 Å². The molecule has 0 radical (unpaired) electrons. The Morgan fingerprint density at radius 2 is 1.85 bits per heavy atom. The summed E-state index contributed by atoms with van der Waals surface area (Å²) in [5, 5.41) is 4.24. The Kier molecular flexibility index (Phi) is 5.83. The largest absolute Gasteiger partial charge is 0.434 e. The lowest BCUT2D eigenvalue weighted by molar-refractivity contribution is -0.140. The minimum Gasteiger partial charge on any atom is -0.346 e. The van der Waals surface area contributed by atoms with Crippen LogP contribution in [0, 0.1) is 0 Å². The average Bonchev–Trinajstić information content (AvgIpc) is 3.08. The summed E-state index contributed by atoms with van der Waals surface area (Å²) in [4.78, 5) is 19.6. The van der Waals surface area contributed by atoms with Crippen LogP contribution < -0.4 is 10.2 Å². The molecule has 0 spiro atoms. The summed E-state index contributed by atoms with van der Waals surface area (Å²) in [5.74, 6) is -0.116. The maximum Gasteiger partial charge on any atom is 0.434 e. The highest BCUT2D eigenvalue weighted by atomic mass is 79.9. The van der Waals surface area contributed by atoms with Gasteiger partial charge in [0.2, 0.25) is 5.91 Å². The zero-order valence-corrected chi connectivity index (χ0v) is 16.0. The van der Waals surface area contributed by atoms with E-state index in [2.05, 4.69) is 26.2 Å². The molecule has 1 aromatic heterocycles. The average molecular weight is 449 g/mol. The lowest BCUT2D eigenvalue weighted by Gasteiger charge is -2.34. The number of halogens is 4. The van der Waals surface area contributed by atoms with Gasteiger partial charge in [0.25, 0.3) is 0 Å². The summed E-state index contributed by atoms with van der Waals surface area (Å²) in [6.07, 6.45) is -4.41. The molecule has 10 heteroatoms. The van der Waals surface area contributed by atoms with Crippen LogP contribution in [0.25, 0.3) is 0 Å². The molecule has 2 aromatic rings. The van der Waals surface area contributed by atoms with E-state index >= 15 is 0 Å². The number of thiazole rings is 1. The standard InChI is InChI=1S/C16H16BrF3N4OS/c17-11-1-3-12(4-2-11)21-14(25)9-23-5-7-24(8-6-23)15-22-13(10-26-15)16(18,19)20/h1-4,10H,5-9H2,(H,21,25). The molecule has 1 aliphatic rings. The molecule has 3 rings (SSSR count). The number of carbonyl (C=O) groups excluding carboxylic acids is 1. The SMILES string of the molecule is O=C(CN1CCN(c2nc(C(F)(F)F)cs2)CC1)Nc1ccc(Br)cc1. The highest BCUT2D eigenvalue weighted by Gasteiger charge is 2.34. The molecule has 1 aliphatic heterocycles. The molecular formula is C16H16BrF3N4OS. The van der Waals surface area contributed by atoms with Crippen molar-refractivity contribution in [3.05, 3.63) is 39.8 Å². The van der Waals surface area contributed by atoms with E-state index in [1.54, 1.807) is 12.1 Å². The third-order valence-corrected chi connectivity index (χ3v) is 5.35. The van der Waals surface area contributed by atoms with Crippen LogP contribution in [0.5, 0.6) is 0 Å². The van der Waals surface area contributed by atoms with Crippen LogP contribution in [0.2, 0.25) is 0 Å². The van der Waals surface area contributed by atoms with Gasteiger partial charge in [-0.3, -0.25) is 9.69 Å². The molecule has 1 fully saturated rings. The first-order valence-corrected chi connectivity index (χ1v) is 9.54. The van der Waals surface area contributed by atoms with Crippen molar-refractivity contribution in [2.24, 2.45) is 0 Å². The number of aromatic nitrogens is 1. The summed E-state index contributed by atoms with van der Waals surface area (Å²) >= 11 is 4.33. The second-order valence-electron chi connectivity index (χ2n) is 5.83. The summed E-state index contributed by atoms with van der Waals surface area (Å²) in [6, 6.07) is 7.30. The van der Waals surface area contributed by atoms with Gasteiger partial charge in [-0.05, 0) is 24.3 Å². The molecule has 2 heterocycles. The van der Waals surface area contributed by atoms with Crippen LogP contribution in [0.1, 0.15) is 5.69 Å². The van der Waals surface area contributed by atoms with E-state index in [9.17, 15) is 18.0 Å². The molecule has 0 aliphatic carbocycles. The van der Waals surface area contributed by atoms with Gasteiger partial charge in [0.1, 0.15) is 0 Å². The second-order valence-corrected chi connectivity index (χ2v) is 7.58.